The van der Waals surface area contributed by atoms with Crippen molar-refractivity contribution in [2.75, 3.05) is 13.9 Å². The van der Waals surface area contributed by atoms with E-state index in [1.807, 2.05) is 0 Å². The van der Waals surface area contributed by atoms with Crippen molar-refractivity contribution in [3.05, 3.63) is 80.7 Å². The summed E-state index contributed by atoms with van der Waals surface area (Å²) >= 11 is 12.9. The van der Waals surface area contributed by atoms with Crippen molar-refractivity contribution >= 4 is 62.3 Å². The minimum atomic E-state index is -4.15. The highest BCUT2D eigenvalue weighted by molar-refractivity contribution is 8.18. The lowest BCUT2D eigenvalue weighted by Crippen LogP contribution is -2.27. The lowest BCUT2D eigenvalue weighted by molar-refractivity contribution is -0.123. The molecule has 0 bridgehead atoms. The first-order valence-electron chi connectivity index (χ1n) is 10.9. The topological polar surface area (TPSA) is 108 Å². The second-order valence-electron chi connectivity index (χ2n) is 7.97. The van der Waals surface area contributed by atoms with Crippen LogP contribution in [0.5, 0.6) is 23.0 Å². The van der Waals surface area contributed by atoms with Gasteiger partial charge in [-0.2, -0.15) is 8.42 Å². The first-order chi connectivity index (χ1) is 18.1. The quantitative estimate of drug-likeness (QED) is 0.250. The molecule has 0 N–H and O–H groups in total. The van der Waals surface area contributed by atoms with Gasteiger partial charge < -0.3 is 18.4 Å². The molecule has 0 unspecified atom stereocenters. The smallest absolute Gasteiger partial charge is 0.339 e. The summed E-state index contributed by atoms with van der Waals surface area (Å²) < 4.78 is 46.5. The van der Waals surface area contributed by atoms with Crippen LogP contribution >= 0.6 is 35.0 Å². The molecule has 2 aliphatic heterocycles. The minimum absolute atomic E-state index is 0.0455. The number of amides is 2. The van der Waals surface area contributed by atoms with Crippen molar-refractivity contribution in [2.45, 2.75) is 11.4 Å². The number of benzene rings is 3. The Morgan fingerprint density at radius 3 is 2.42 bits per heavy atom. The molecule has 13 heteroatoms. The minimum Gasteiger partial charge on any atom is -0.493 e. The fourth-order valence-electron chi connectivity index (χ4n) is 3.65. The van der Waals surface area contributed by atoms with Crippen molar-refractivity contribution in [1.82, 2.24) is 4.90 Å². The average molecular weight is 594 g/mol. The van der Waals surface area contributed by atoms with Crippen molar-refractivity contribution in [3.8, 4) is 23.0 Å². The summed E-state index contributed by atoms with van der Waals surface area (Å²) in [6.07, 6.45) is 1.51. The summed E-state index contributed by atoms with van der Waals surface area (Å²) in [4.78, 5) is 26.8. The van der Waals surface area contributed by atoms with Crippen LogP contribution in [0.1, 0.15) is 11.1 Å². The number of hydrogen-bond donors (Lipinski definition) is 0. The highest BCUT2D eigenvalue weighted by Crippen LogP contribution is 2.40. The van der Waals surface area contributed by atoms with Gasteiger partial charge >= 0.3 is 10.1 Å². The van der Waals surface area contributed by atoms with Crippen LogP contribution in [0.2, 0.25) is 10.0 Å². The molecular weight excluding hydrogens is 577 g/mol. The Bertz CT molecular complexity index is 1590. The van der Waals surface area contributed by atoms with Crippen LogP contribution < -0.4 is 18.4 Å². The van der Waals surface area contributed by atoms with E-state index in [2.05, 4.69) is 0 Å². The number of nitrogens with zero attached hydrogens (tertiary/aromatic N) is 1. The van der Waals surface area contributed by atoms with Crippen molar-refractivity contribution < 1.29 is 36.4 Å². The Balaban J connectivity index is 1.35. The van der Waals surface area contributed by atoms with Crippen LogP contribution in [-0.4, -0.2) is 38.4 Å². The fraction of sp³-hybridized carbons (Fsp3) is 0.120. The standard InChI is InChI=1S/C25H17Cl2NO8S2/c1-33-20-8-14(2-7-19(20)36-38(31,32)17-5-3-16(26)4-6-17)9-23-24(29)28(25(30)37-23)12-15-10-21-22(11-18(15)27)35-13-34-21/h2-11H,12-13H2,1H3/b23-9-. The number of carbonyl (C=O) groups excluding carboxylic acids is 2. The van der Waals surface area contributed by atoms with Gasteiger partial charge in [0.15, 0.2) is 23.0 Å². The fourth-order valence-corrected chi connectivity index (χ4v) is 5.77. The van der Waals surface area contributed by atoms with Crippen LogP contribution in [0.3, 0.4) is 0 Å². The van der Waals surface area contributed by atoms with Crippen molar-refractivity contribution in [3.63, 3.8) is 0 Å². The van der Waals surface area contributed by atoms with Gasteiger partial charge in [-0.3, -0.25) is 14.5 Å². The molecule has 0 spiro atoms. The number of imide groups is 1. The van der Waals surface area contributed by atoms with Gasteiger partial charge in [0.2, 0.25) is 6.79 Å². The molecule has 0 aromatic heterocycles. The highest BCUT2D eigenvalue weighted by atomic mass is 35.5. The lowest BCUT2D eigenvalue weighted by Gasteiger charge is -2.14. The zero-order valence-corrected chi connectivity index (χ0v) is 22.6. The van der Waals surface area contributed by atoms with Gasteiger partial charge in [0.25, 0.3) is 11.1 Å². The summed E-state index contributed by atoms with van der Waals surface area (Å²) in [7, 11) is -2.80. The number of carbonyl (C=O) groups is 2. The number of methoxy groups -OCH3 is 1. The molecule has 0 radical (unpaired) electrons. The van der Waals surface area contributed by atoms with Gasteiger partial charge in [0, 0.05) is 16.1 Å². The maximum atomic E-state index is 13.0. The van der Waals surface area contributed by atoms with Gasteiger partial charge in [0.1, 0.15) is 4.90 Å². The number of ether oxygens (including phenoxy) is 3. The number of fused-ring (bicyclic) bond motifs is 1. The molecule has 1 saturated heterocycles. The molecule has 2 aliphatic rings. The summed E-state index contributed by atoms with van der Waals surface area (Å²) in [6, 6.07) is 13.2. The van der Waals surface area contributed by atoms with Gasteiger partial charge in [-0.15, -0.1) is 0 Å². The summed E-state index contributed by atoms with van der Waals surface area (Å²) in [6.45, 7) is 0.0237. The maximum absolute atomic E-state index is 13.0. The van der Waals surface area contributed by atoms with Crippen LogP contribution in [0.25, 0.3) is 6.08 Å². The third-order valence-corrected chi connectivity index (χ3v) is 8.29. The number of thioether (sulfide) groups is 1. The van der Waals surface area contributed by atoms with Gasteiger partial charge in [0.05, 0.1) is 18.6 Å². The molecule has 3 aromatic carbocycles. The van der Waals surface area contributed by atoms with E-state index in [0.29, 0.717) is 32.7 Å². The van der Waals surface area contributed by atoms with E-state index in [0.717, 1.165) is 16.7 Å². The first-order valence-corrected chi connectivity index (χ1v) is 13.8. The third kappa shape index (κ3) is 5.28. The van der Waals surface area contributed by atoms with Crippen LogP contribution in [-0.2, 0) is 21.5 Å². The monoisotopic (exact) mass is 593 g/mol. The molecule has 38 heavy (non-hydrogen) atoms. The van der Waals surface area contributed by atoms with Gasteiger partial charge in [-0.1, -0.05) is 29.3 Å². The number of hydrogen-bond acceptors (Lipinski definition) is 9. The van der Waals surface area contributed by atoms with E-state index in [1.165, 1.54) is 55.7 Å². The Morgan fingerprint density at radius 2 is 1.71 bits per heavy atom. The van der Waals surface area contributed by atoms with Crippen LogP contribution in [0.4, 0.5) is 4.79 Å². The predicted octanol–water partition coefficient (Wildman–Crippen LogP) is 5.73. The molecule has 0 atom stereocenters. The molecule has 0 saturated carbocycles. The largest absolute Gasteiger partial charge is 0.493 e. The van der Waals surface area contributed by atoms with E-state index in [-0.39, 0.29) is 34.6 Å². The van der Waals surface area contributed by atoms with Crippen LogP contribution in [0, 0.1) is 0 Å². The molecule has 3 aromatic rings. The summed E-state index contributed by atoms with van der Waals surface area (Å²) in [5.74, 6) is 0.542. The molecule has 196 valence electrons. The van der Waals surface area contributed by atoms with Gasteiger partial charge in [-0.25, -0.2) is 0 Å². The Labute approximate surface area is 232 Å². The Kier molecular flexibility index (Phi) is 7.19. The molecule has 0 aliphatic carbocycles. The maximum Gasteiger partial charge on any atom is 0.339 e. The first kappa shape index (κ1) is 26.2. The normalized spacial score (nSPS) is 15.9. The van der Waals surface area contributed by atoms with E-state index in [1.54, 1.807) is 12.1 Å². The molecule has 9 nitrogen and oxygen atoms in total. The molecular formula is C25H17Cl2NO8S2. The number of rotatable bonds is 7. The summed E-state index contributed by atoms with van der Waals surface area (Å²) in [5, 5.41) is 0.261. The average Bonchev–Trinajstić information content (AvgIpc) is 3.44. The zero-order chi connectivity index (χ0) is 27.0. The van der Waals surface area contributed by atoms with Crippen LogP contribution in [0.15, 0.2) is 64.4 Å². The van der Waals surface area contributed by atoms with Crippen molar-refractivity contribution in [1.29, 1.82) is 0 Å². The second-order valence-corrected chi connectivity index (χ2v) is 11.3. The zero-order valence-electron chi connectivity index (χ0n) is 19.5. The van der Waals surface area contributed by atoms with Crippen molar-refractivity contribution in [2.24, 2.45) is 0 Å². The molecule has 1 fully saturated rings. The van der Waals surface area contributed by atoms with Gasteiger partial charge in [-0.05, 0) is 71.4 Å². The Hall–Kier alpha value is -3.38. The van der Waals surface area contributed by atoms with E-state index < -0.39 is 21.3 Å². The van der Waals surface area contributed by atoms with E-state index in [4.69, 9.17) is 41.6 Å². The van der Waals surface area contributed by atoms with E-state index >= 15 is 0 Å². The third-order valence-electron chi connectivity index (χ3n) is 5.53. The molecule has 2 amide bonds. The van der Waals surface area contributed by atoms with E-state index in [9.17, 15) is 18.0 Å². The molecule has 5 rings (SSSR count). The predicted molar refractivity (Wildman–Crippen MR) is 141 cm³/mol. The Morgan fingerprint density at radius 1 is 1.00 bits per heavy atom. The molecule has 2 heterocycles. The lowest BCUT2D eigenvalue weighted by atomic mass is 10.1. The number of halogens is 2. The second kappa shape index (κ2) is 10.4. The highest BCUT2D eigenvalue weighted by Gasteiger charge is 2.36. The SMILES string of the molecule is COc1cc(/C=C2\SC(=O)N(Cc3cc4c(cc3Cl)OCO4)C2=O)ccc1OS(=O)(=O)c1ccc(Cl)cc1. The summed E-state index contributed by atoms with van der Waals surface area (Å²) in [5.41, 5.74) is 1.02.